The average molecular weight is 328 g/mol. The van der Waals surface area contributed by atoms with Crippen molar-refractivity contribution in [2.45, 2.75) is 12.8 Å². The summed E-state index contributed by atoms with van der Waals surface area (Å²) in [6.45, 7) is 1.40. The molecule has 1 aromatic carbocycles. The van der Waals surface area contributed by atoms with Gasteiger partial charge in [0, 0.05) is 11.6 Å². The normalized spacial score (nSPS) is 15.2. The van der Waals surface area contributed by atoms with E-state index in [-0.39, 0.29) is 16.6 Å². The maximum absolute atomic E-state index is 13.0. The first-order valence-electron chi connectivity index (χ1n) is 6.79. The van der Waals surface area contributed by atoms with Gasteiger partial charge in [0.25, 0.3) is 0 Å². The van der Waals surface area contributed by atoms with E-state index in [4.69, 9.17) is 11.6 Å². The van der Waals surface area contributed by atoms with Crippen LogP contribution >= 0.6 is 11.6 Å². The lowest BCUT2D eigenvalue weighted by molar-refractivity contribution is -0.141. The van der Waals surface area contributed by atoms with Gasteiger partial charge in [-0.2, -0.15) is 0 Å². The second-order valence-corrected chi connectivity index (χ2v) is 5.33. The van der Waals surface area contributed by atoms with Crippen LogP contribution in [0, 0.1) is 11.7 Å². The molecule has 1 saturated heterocycles. The molecule has 0 aliphatic carbocycles. The van der Waals surface area contributed by atoms with Crippen molar-refractivity contribution >= 4 is 35.0 Å². The zero-order chi connectivity index (χ0) is 16.1. The summed E-state index contributed by atoms with van der Waals surface area (Å²) in [6.07, 6.45) is 1.24. The Morgan fingerprint density at radius 3 is 2.50 bits per heavy atom. The molecule has 0 aromatic heterocycles. The van der Waals surface area contributed by atoms with Crippen molar-refractivity contribution in [3.63, 3.8) is 0 Å². The van der Waals surface area contributed by atoms with Crippen LogP contribution in [0.2, 0.25) is 5.02 Å². The van der Waals surface area contributed by atoms with Crippen LogP contribution in [0.15, 0.2) is 18.2 Å². The molecule has 118 valence electrons. The van der Waals surface area contributed by atoms with E-state index in [0.717, 1.165) is 6.07 Å². The molecule has 3 amide bonds. The topological polar surface area (TPSA) is 87.3 Å². The van der Waals surface area contributed by atoms with Crippen LogP contribution in [0.3, 0.4) is 0 Å². The number of hydrogen-bond donors (Lipinski definition) is 3. The molecule has 2 rings (SSSR count). The van der Waals surface area contributed by atoms with Gasteiger partial charge in [-0.25, -0.2) is 4.39 Å². The molecule has 1 heterocycles. The van der Waals surface area contributed by atoms with Crippen molar-refractivity contribution in [2.75, 3.05) is 18.4 Å². The predicted octanol–water partition coefficient (Wildman–Crippen LogP) is 1.06. The molecule has 0 radical (unpaired) electrons. The van der Waals surface area contributed by atoms with Gasteiger partial charge in [0.1, 0.15) is 5.82 Å². The first-order valence-corrected chi connectivity index (χ1v) is 7.17. The molecule has 0 saturated carbocycles. The quantitative estimate of drug-likeness (QED) is 0.709. The Morgan fingerprint density at radius 2 is 1.86 bits per heavy atom. The van der Waals surface area contributed by atoms with Gasteiger partial charge in [0.2, 0.25) is 5.91 Å². The lowest BCUT2D eigenvalue weighted by Gasteiger charge is -2.21. The summed E-state index contributed by atoms with van der Waals surface area (Å²) in [7, 11) is 0. The Labute approximate surface area is 131 Å². The summed E-state index contributed by atoms with van der Waals surface area (Å²) in [4.78, 5) is 35.2. The maximum Gasteiger partial charge on any atom is 0.316 e. The highest BCUT2D eigenvalue weighted by Crippen LogP contribution is 2.19. The molecule has 0 atom stereocenters. The summed E-state index contributed by atoms with van der Waals surface area (Å²) >= 11 is 5.58. The number of anilines is 1. The SMILES string of the molecule is O=C(NC(=O)C1CCNCC1)C(=O)Nc1ccc(F)c(Cl)c1. The average Bonchev–Trinajstić information content (AvgIpc) is 2.51. The number of amides is 3. The minimum absolute atomic E-state index is 0.167. The van der Waals surface area contributed by atoms with E-state index < -0.39 is 23.5 Å². The molecule has 0 unspecified atom stereocenters. The Hall–Kier alpha value is -1.99. The first-order chi connectivity index (χ1) is 10.5. The van der Waals surface area contributed by atoms with E-state index in [0.29, 0.717) is 25.9 Å². The van der Waals surface area contributed by atoms with E-state index in [2.05, 4.69) is 16.0 Å². The van der Waals surface area contributed by atoms with Crippen molar-refractivity contribution in [1.29, 1.82) is 0 Å². The standard InChI is InChI=1S/C14H15ClFN3O3/c15-10-7-9(1-2-11(10)16)18-13(21)14(22)19-12(20)8-3-5-17-6-4-8/h1-2,7-8,17H,3-6H2,(H,18,21)(H,19,20,22). The van der Waals surface area contributed by atoms with Crippen molar-refractivity contribution in [2.24, 2.45) is 5.92 Å². The number of benzene rings is 1. The molecular weight excluding hydrogens is 313 g/mol. The van der Waals surface area contributed by atoms with Crippen LogP contribution in [0.1, 0.15) is 12.8 Å². The first kappa shape index (κ1) is 16.4. The summed E-state index contributed by atoms with van der Waals surface area (Å²) in [5.41, 5.74) is 0.167. The fourth-order valence-corrected chi connectivity index (χ4v) is 2.30. The summed E-state index contributed by atoms with van der Waals surface area (Å²) < 4.78 is 13.0. The van der Waals surface area contributed by atoms with Crippen molar-refractivity contribution in [3.05, 3.63) is 29.0 Å². The largest absolute Gasteiger partial charge is 0.318 e. The summed E-state index contributed by atoms with van der Waals surface area (Å²) in [5, 5.41) is 7.25. The van der Waals surface area contributed by atoms with E-state index in [1.165, 1.54) is 12.1 Å². The Morgan fingerprint density at radius 1 is 1.18 bits per heavy atom. The number of hydrogen-bond acceptors (Lipinski definition) is 4. The molecule has 0 spiro atoms. The van der Waals surface area contributed by atoms with Gasteiger partial charge < -0.3 is 10.6 Å². The third kappa shape index (κ3) is 4.25. The smallest absolute Gasteiger partial charge is 0.316 e. The summed E-state index contributed by atoms with van der Waals surface area (Å²) in [5.74, 6) is -3.43. The van der Waals surface area contributed by atoms with Gasteiger partial charge in [-0.05, 0) is 44.1 Å². The highest BCUT2D eigenvalue weighted by Gasteiger charge is 2.25. The Bertz CT molecular complexity index is 603. The molecular formula is C14H15ClFN3O3. The van der Waals surface area contributed by atoms with E-state index in [1.54, 1.807) is 0 Å². The second-order valence-electron chi connectivity index (χ2n) is 4.93. The fraction of sp³-hybridized carbons (Fsp3) is 0.357. The number of halogens is 2. The van der Waals surface area contributed by atoms with Crippen LogP contribution in [-0.2, 0) is 14.4 Å². The second kappa shape index (κ2) is 7.33. The van der Waals surface area contributed by atoms with Crippen LogP contribution in [-0.4, -0.2) is 30.8 Å². The number of imide groups is 1. The lowest BCUT2D eigenvalue weighted by Crippen LogP contribution is -2.44. The zero-order valence-electron chi connectivity index (χ0n) is 11.6. The molecule has 1 aromatic rings. The molecule has 1 aliphatic heterocycles. The number of carbonyl (C=O) groups is 3. The minimum Gasteiger partial charge on any atom is -0.318 e. The zero-order valence-corrected chi connectivity index (χ0v) is 12.4. The molecule has 0 bridgehead atoms. The van der Waals surface area contributed by atoms with Gasteiger partial charge >= 0.3 is 11.8 Å². The van der Waals surface area contributed by atoms with E-state index in [9.17, 15) is 18.8 Å². The molecule has 6 nitrogen and oxygen atoms in total. The van der Waals surface area contributed by atoms with Crippen LogP contribution in [0.5, 0.6) is 0 Å². The summed E-state index contributed by atoms with van der Waals surface area (Å²) in [6, 6.07) is 3.51. The number of carbonyl (C=O) groups excluding carboxylic acids is 3. The van der Waals surface area contributed by atoms with Gasteiger partial charge in [-0.1, -0.05) is 11.6 Å². The predicted molar refractivity (Wildman–Crippen MR) is 78.8 cm³/mol. The fourth-order valence-electron chi connectivity index (χ4n) is 2.12. The number of nitrogens with one attached hydrogen (secondary N) is 3. The van der Waals surface area contributed by atoms with Gasteiger partial charge in [0.05, 0.1) is 5.02 Å². The van der Waals surface area contributed by atoms with E-state index in [1.807, 2.05) is 0 Å². The molecule has 22 heavy (non-hydrogen) atoms. The van der Waals surface area contributed by atoms with E-state index >= 15 is 0 Å². The van der Waals surface area contributed by atoms with Gasteiger partial charge in [-0.15, -0.1) is 0 Å². The van der Waals surface area contributed by atoms with Gasteiger partial charge in [-0.3, -0.25) is 19.7 Å². The molecule has 1 fully saturated rings. The van der Waals surface area contributed by atoms with Gasteiger partial charge in [0.15, 0.2) is 0 Å². The minimum atomic E-state index is -1.05. The molecule has 3 N–H and O–H groups in total. The Balaban J connectivity index is 1.89. The number of rotatable bonds is 2. The highest BCUT2D eigenvalue weighted by molar-refractivity contribution is 6.42. The number of piperidine rings is 1. The van der Waals surface area contributed by atoms with Crippen LogP contribution < -0.4 is 16.0 Å². The maximum atomic E-state index is 13.0. The van der Waals surface area contributed by atoms with Crippen molar-refractivity contribution < 1.29 is 18.8 Å². The van der Waals surface area contributed by atoms with Crippen LogP contribution in [0.25, 0.3) is 0 Å². The molecule has 1 aliphatic rings. The molecule has 8 heteroatoms. The third-order valence-electron chi connectivity index (χ3n) is 3.33. The lowest BCUT2D eigenvalue weighted by atomic mass is 9.97. The van der Waals surface area contributed by atoms with Crippen LogP contribution in [0.4, 0.5) is 10.1 Å². The van der Waals surface area contributed by atoms with Crippen molar-refractivity contribution in [3.8, 4) is 0 Å². The highest BCUT2D eigenvalue weighted by atomic mass is 35.5. The Kier molecular flexibility index (Phi) is 5.46. The monoisotopic (exact) mass is 327 g/mol. The third-order valence-corrected chi connectivity index (χ3v) is 3.62. The van der Waals surface area contributed by atoms with Crippen molar-refractivity contribution in [1.82, 2.24) is 10.6 Å².